The fraction of sp³-hybridized carbons (Fsp3) is 0.167. The van der Waals surface area contributed by atoms with Crippen molar-refractivity contribution in [3.05, 3.63) is 63.4 Å². The smallest absolute Gasteiger partial charge is 0.341 e. The van der Waals surface area contributed by atoms with Crippen molar-refractivity contribution in [2.45, 2.75) is 13.3 Å². The molecule has 0 saturated carbocycles. The predicted octanol–water partition coefficient (Wildman–Crippen LogP) is 3.20. The van der Waals surface area contributed by atoms with E-state index in [9.17, 15) is 14.4 Å². The summed E-state index contributed by atoms with van der Waals surface area (Å²) in [7, 11) is 0. The van der Waals surface area contributed by atoms with Crippen molar-refractivity contribution in [2.24, 2.45) is 0 Å². The second-order valence-electron chi connectivity index (χ2n) is 4.94. The van der Waals surface area contributed by atoms with Gasteiger partial charge in [0.05, 0.1) is 12.2 Å². The molecule has 1 aromatic heterocycles. The number of benzene rings is 1. The number of rotatable bonds is 7. The van der Waals surface area contributed by atoms with E-state index in [1.165, 1.54) is 29.5 Å². The lowest BCUT2D eigenvalue weighted by Crippen LogP contribution is -2.17. The fourth-order valence-electron chi connectivity index (χ4n) is 2.02. The molecule has 0 aliphatic rings. The van der Waals surface area contributed by atoms with Crippen LogP contribution in [0.4, 0.5) is 0 Å². The highest BCUT2D eigenvalue weighted by molar-refractivity contribution is 7.08. The minimum atomic E-state index is -1.04. The standard InChI is InChI=1S/C18H16O5S/c1-2-23-18(22)15(16(19)10-13-7-8-24-11-13)9-12-3-5-14(6-4-12)17(20)21/h3-9,11H,2,10H2,1H3,(H,20,21). The second kappa shape index (κ2) is 8.21. The Labute approximate surface area is 143 Å². The van der Waals surface area contributed by atoms with Crippen molar-refractivity contribution in [3.63, 3.8) is 0 Å². The van der Waals surface area contributed by atoms with Gasteiger partial charge >= 0.3 is 11.9 Å². The van der Waals surface area contributed by atoms with E-state index in [-0.39, 0.29) is 29.9 Å². The summed E-state index contributed by atoms with van der Waals surface area (Å²) >= 11 is 1.48. The van der Waals surface area contributed by atoms with Gasteiger partial charge in [0.25, 0.3) is 0 Å². The average Bonchev–Trinajstić information content (AvgIpc) is 3.06. The molecule has 2 rings (SSSR count). The van der Waals surface area contributed by atoms with Crippen molar-refractivity contribution in [2.75, 3.05) is 6.61 Å². The van der Waals surface area contributed by atoms with Crippen LogP contribution in [0.1, 0.15) is 28.4 Å². The number of hydrogen-bond acceptors (Lipinski definition) is 5. The van der Waals surface area contributed by atoms with E-state index in [0.717, 1.165) is 5.56 Å². The molecular weight excluding hydrogens is 328 g/mol. The first kappa shape index (κ1) is 17.6. The number of carbonyl (C=O) groups is 3. The topological polar surface area (TPSA) is 80.7 Å². The summed E-state index contributed by atoms with van der Waals surface area (Å²) in [5, 5.41) is 12.6. The Morgan fingerprint density at radius 2 is 1.88 bits per heavy atom. The minimum Gasteiger partial charge on any atom is -0.478 e. The summed E-state index contributed by atoms with van der Waals surface area (Å²) in [6, 6.07) is 7.74. The van der Waals surface area contributed by atoms with Crippen molar-refractivity contribution in [1.29, 1.82) is 0 Å². The number of carboxylic acid groups (broad SMARTS) is 1. The van der Waals surface area contributed by atoms with Crippen LogP contribution in [-0.2, 0) is 20.7 Å². The number of ketones is 1. The number of ether oxygens (including phenoxy) is 1. The van der Waals surface area contributed by atoms with Gasteiger partial charge in [-0.15, -0.1) is 0 Å². The molecule has 24 heavy (non-hydrogen) atoms. The van der Waals surface area contributed by atoms with Crippen molar-refractivity contribution in [1.82, 2.24) is 0 Å². The van der Waals surface area contributed by atoms with Gasteiger partial charge in [0.15, 0.2) is 5.78 Å². The third-order valence-electron chi connectivity index (χ3n) is 3.21. The highest BCUT2D eigenvalue weighted by Crippen LogP contribution is 2.15. The van der Waals surface area contributed by atoms with Crippen LogP contribution in [-0.4, -0.2) is 29.4 Å². The molecule has 0 saturated heterocycles. The Balaban J connectivity index is 2.28. The normalized spacial score (nSPS) is 11.1. The molecule has 1 aromatic carbocycles. The van der Waals surface area contributed by atoms with Gasteiger partial charge in [0.2, 0.25) is 0 Å². The molecule has 1 N–H and O–H groups in total. The maximum absolute atomic E-state index is 12.4. The van der Waals surface area contributed by atoms with Crippen molar-refractivity contribution < 1.29 is 24.2 Å². The van der Waals surface area contributed by atoms with Gasteiger partial charge in [-0.1, -0.05) is 12.1 Å². The lowest BCUT2D eigenvalue weighted by atomic mass is 10.0. The molecule has 0 bridgehead atoms. The Kier molecular flexibility index (Phi) is 6.03. The number of carboxylic acids is 1. The minimum absolute atomic E-state index is 0.0499. The largest absolute Gasteiger partial charge is 0.478 e. The molecule has 0 radical (unpaired) electrons. The molecule has 0 amide bonds. The summed E-state index contributed by atoms with van der Waals surface area (Å²) in [6.07, 6.45) is 1.54. The third-order valence-corrected chi connectivity index (χ3v) is 3.94. The number of carbonyl (C=O) groups excluding carboxylic acids is 2. The molecule has 5 nitrogen and oxygen atoms in total. The molecule has 0 fully saturated rings. The van der Waals surface area contributed by atoms with Crippen molar-refractivity contribution in [3.8, 4) is 0 Å². The van der Waals surface area contributed by atoms with Crippen LogP contribution < -0.4 is 0 Å². The summed E-state index contributed by atoms with van der Waals surface area (Å²) < 4.78 is 4.96. The van der Waals surface area contributed by atoms with Gasteiger partial charge < -0.3 is 9.84 Å². The average molecular weight is 344 g/mol. The Morgan fingerprint density at radius 1 is 1.17 bits per heavy atom. The zero-order valence-electron chi connectivity index (χ0n) is 13.0. The molecule has 0 spiro atoms. The molecule has 0 aliphatic carbocycles. The molecular formula is C18H16O5S. The monoisotopic (exact) mass is 344 g/mol. The summed E-state index contributed by atoms with van der Waals surface area (Å²) in [5.41, 5.74) is 1.48. The second-order valence-corrected chi connectivity index (χ2v) is 5.72. The van der Waals surface area contributed by atoms with E-state index in [2.05, 4.69) is 0 Å². The number of Topliss-reactive ketones (excluding diaryl/α,β-unsaturated/α-hetero) is 1. The van der Waals surface area contributed by atoms with E-state index in [1.54, 1.807) is 19.1 Å². The van der Waals surface area contributed by atoms with Crippen LogP contribution in [0.3, 0.4) is 0 Å². The molecule has 0 aliphatic heterocycles. The molecule has 0 unspecified atom stereocenters. The van der Waals surface area contributed by atoms with E-state index in [1.807, 2.05) is 16.8 Å². The van der Waals surface area contributed by atoms with E-state index in [0.29, 0.717) is 5.56 Å². The Morgan fingerprint density at radius 3 is 2.42 bits per heavy atom. The zero-order valence-corrected chi connectivity index (χ0v) is 13.8. The molecule has 1 heterocycles. The third kappa shape index (κ3) is 4.63. The first-order valence-corrected chi connectivity index (χ1v) is 8.22. The van der Waals surface area contributed by atoms with Gasteiger partial charge in [0, 0.05) is 6.42 Å². The molecule has 6 heteroatoms. The highest BCUT2D eigenvalue weighted by Gasteiger charge is 2.20. The van der Waals surface area contributed by atoms with Gasteiger partial charge in [-0.2, -0.15) is 11.3 Å². The van der Waals surface area contributed by atoms with E-state index >= 15 is 0 Å². The molecule has 2 aromatic rings. The van der Waals surface area contributed by atoms with Gasteiger partial charge in [-0.05, 0) is 53.1 Å². The summed E-state index contributed by atoms with van der Waals surface area (Å²) in [4.78, 5) is 35.4. The van der Waals surface area contributed by atoms with Crippen LogP contribution in [0.2, 0.25) is 0 Å². The quantitative estimate of drug-likeness (QED) is 0.361. The van der Waals surface area contributed by atoms with Gasteiger partial charge in [-0.25, -0.2) is 9.59 Å². The van der Waals surface area contributed by atoms with E-state index in [4.69, 9.17) is 9.84 Å². The van der Waals surface area contributed by atoms with Crippen LogP contribution in [0.5, 0.6) is 0 Å². The predicted molar refractivity (Wildman–Crippen MR) is 91.0 cm³/mol. The summed E-state index contributed by atoms with van der Waals surface area (Å²) in [6.45, 7) is 1.83. The number of aromatic carboxylic acids is 1. The highest BCUT2D eigenvalue weighted by atomic mass is 32.1. The summed E-state index contributed by atoms with van der Waals surface area (Å²) in [5.74, 6) is -2.06. The maximum atomic E-state index is 12.4. The van der Waals surface area contributed by atoms with Crippen LogP contribution in [0, 0.1) is 0 Å². The van der Waals surface area contributed by atoms with Crippen LogP contribution in [0.15, 0.2) is 46.7 Å². The first-order chi connectivity index (χ1) is 11.5. The van der Waals surface area contributed by atoms with Crippen molar-refractivity contribution >= 4 is 35.1 Å². The molecule has 0 atom stereocenters. The van der Waals surface area contributed by atoms with E-state index < -0.39 is 11.9 Å². The number of esters is 1. The lowest BCUT2D eigenvalue weighted by Gasteiger charge is -2.06. The van der Waals surface area contributed by atoms with Crippen LogP contribution >= 0.6 is 11.3 Å². The maximum Gasteiger partial charge on any atom is 0.341 e. The first-order valence-electron chi connectivity index (χ1n) is 7.27. The lowest BCUT2D eigenvalue weighted by molar-refractivity contribution is -0.139. The number of thiophene rings is 1. The fourth-order valence-corrected chi connectivity index (χ4v) is 2.69. The van der Waals surface area contributed by atoms with Crippen LogP contribution in [0.25, 0.3) is 6.08 Å². The molecule has 124 valence electrons. The van der Waals surface area contributed by atoms with Gasteiger partial charge in [-0.3, -0.25) is 4.79 Å². The SMILES string of the molecule is CCOC(=O)C(=Cc1ccc(C(=O)O)cc1)C(=O)Cc1ccsc1. The Bertz CT molecular complexity index is 757. The van der Waals surface area contributed by atoms with Gasteiger partial charge in [0.1, 0.15) is 5.57 Å². The number of hydrogen-bond donors (Lipinski definition) is 1. The Hall–Kier alpha value is -2.73. The zero-order chi connectivity index (χ0) is 17.5.